The molecule has 1 amide bonds. The van der Waals surface area contributed by atoms with Crippen molar-refractivity contribution in [2.24, 2.45) is 0 Å². The molecule has 5 rings (SSSR count). The van der Waals surface area contributed by atoms with Crippen molar-refractivity contribution in [1.29, 1.82) is 0 Å². The van der Waals surface area contributed by atoms with Gasteiger partial charge in [-0.2, -0.15) is 0 Å². The molecule has 0 saturated carbocycles. The van der Waals surface area contributed by atoms with Gasteiger partial charge in [0.1, 0.15) is 34.8 Å². The third kappa shape index (κ3) is 3.55. The van der Waals surface area contributed by atoms with Gasteiger partial charge >= 0.3 is 0 Å². The molecule has 1 N–H and O–H groups in total. The normalized spacial score (nSPS) is 19.3. The average Bonchev–Trinajstić information content (AvgIpc) is 3.38. The summed E-state index contributed by atoms with van der Waals surface area (Å²) >= 11 is 0. The number of anilines is 1. The van der Waals surface area contributed by atoms with Crippen LogP contribution in [0.4, 0.5) is 5.69 Å². The highest BCUT2D eigenvalue weighted by Gasteiger charge is 2.48. The lowest BCUT2D eigenvalue weighted by atomic mass is 9.96. The van der Waals surface area contributed by atoms with Crippen molar-refractivity contribution in [2.75, 3.05) is 18.6 Å². The summed E-state index contributed by atoms with van der Waals surface area (Å²) in [6.07, 6.45) is 1.69. The van der Waals surface area contributed by atoms with E-state index in [1.807, 2.05) is 6.07 Å². The summed E-state index contributed by atoms with van der Waals surface area (Å²) in [4.78, 5) is 27.8. The van der Waals surface area contributed by atoms with E-state index in [2.05, 4.69) is 0 Å². The molecule has 1 atom stereocenters. The zero-order valence-corrected chi connectivity index (χ0v) is 18.3. The minimum Gasteiger partial charge on any atom is -0.507 e. The number of fused-ring (bicyclic) bond motifs is 1. The van der Waals surface area contributed by atoms with Crippen molar-refractivity contribution in [2.45, 2.75) is 25.8 Å². The molecule has 1 fully saturated rings. The standard InChI is InChI=1S/C26H23NO6/c1-15-8-10-21(33-15)23-22(24(28)17-9-11-20-16(13-17)5-4-12-32-20)25(29)26(30)27(23)18-6-3-7-19(14-18)31-2/h3,6-11,13-14,23,28H,4-5,12H2,1-2H3/b24-22-. The number of aliphatic hydroxyl groups is 1. The van der Waals surface area contributed by atoms with Crippen molar-refractivity contribution < 1.29 is 28.6 Å². The van der Waals surface area contributed by atoms with Crippen molar-refractivity contribution in [3.05, 3.63) is 82.8 Å². The fraction of sp³-hybridized carbons (Fsp3) is 0.231. The Kier molecular flexibility index (Phi) is 5.17. The first kappa shape index (κ1) is 20.9. The van der Waals surface area contributed by atoms with Crippen LogP contribution < -0.4 is 14.4 Å². The second-order valence-electron chi connectivity index (χ2n) is 8.09. The van der Waals surface area contributed by atoms with Crippen LogP contribution in [0.1, 0.15) is 35.1 Å². The van der Waals surface area contributed by atoms with E-state index in [-0.39, 0.29) is 11.3 Å². The summed E-state index contributed by atoms with van der Waals surface area (Å²) < 4.78 is 16.8. The summed E-state index contributed by atoms with van der Waals surface area (Å²) in [6, 6.07) is 14.7. The Hall–Kier alpha value is -4.00. The number of furan rings is 1. The van der Waals surface area contributed by atoms with Crippen molar-refractivity contribution in [1.82, 2.24) is 0 Å². The predicted octanol–water partition coefficient (Wildman–Crippen LogP) is 4.55. The maximum absolute atomic E-state index is 13.2. The molecule has 3 aromatic rings. The summed E-state index contributed by atoms with van der Waals surface area (Å²) in [5.74, 6) is 0.565. The minimum atomic E-state index is -0.918. The van der Waals surface area contributed by atoms with Gasteiger partial charge in [-0.1, -0.05) is 6.07 Å². The number of carbonyl (C=O) groups excluding carboxylic acids is 2. The number of hydrogen-bond donors (Lipinski definition) is 1. The van der Waals surface area contributed by atoms with Crippen LogP contribution in [0, 0.1) is 6.92 Å². The van der Waals surface area contributed by atoms with Crippen molar-refractivity contribution in [3.63, 3.8) is 0 Å². The molecule has 1 aromatic heterocycles. The maximum atomic E-state index is 13.2. The van der Waals surface area contributed by atoms with Crippen LogP contribution in [0.25, 0.3) is 5.76 Å². The zero-order chi connectivity index (χ0) is 23.1. The molecular weight excluding hydrogens is 422 g/mol. The number of carbonyl (C=O) groups is 2. The van der Waals surface area contributed by atoms with Gasteiger partial charge in [-0.15, -0.1) is 0 Å². The lowest BCUT2D eigenvalue weighted by Gasteiger charge is -2.24. The molecule has 0 spiro atoms. The molecule has 0 aliphatic carbocycles. The van der Waals surface area contributed by atoms with Gasteiger partial charge in [-0.25, -0.2) is 0 Å². The van der Waals surface area contributed by atoms with Crippen LogP contribution in [0.2, 0.25) is 0 Å². The largest absolute Gasteiger partial charge is 0.507 e. The van der Waals surface area contributed by atoms with Gasteiger partial charge < -0.3 is 19.0 Å². The fourth-order valence-electron chi connectivity index (χ4n) is 4.39. The molecular formula is C26H23NO6. The third-order valence-corrected chi connectivity index (χ3v) is 5.99. The summed E-state index contributed by atoms with van der Waals surface area (Å²) in [7, 11) is 1.53. The van der Waals surface area contributed by atoms with Gasteiger partial charge in [-0.3, -0.25) is 14.5 Å². The Balaban J connectivity index is 1.68. The number of Topliss-reactive ketones (excluding diaryl/α,β-unsaturated/α-hetero) is 1. The SMILES string of the molecule is COc1cccc(N2C(=O)C(=O)/C(=C(\O)c3ccc4c(c3)CCCO4)C2c2ccc(C)o2)c1. The van der Waals surface area contributed by atoms with Gasteiger partial charge in [0.25, 0.3) is 11.7 Å². The van der Waals surface area contributed by atoms with Crippen LogP contribution >= 0.6 is 0 Å². The average molecular weight is 445 g/mol. The first-order chi connectivity index (χ1) is 16.0. The number of ketones is 1. The molecule has 0 bridgehead atoms. The molecule has 1 saturated heterocycles. The molecule has 7 heteroatoms. The zero-order valence-electron chi connectivity index (χ0n) is 18.3. The fourth-order valence-corrected chi connectivity index (χ4v) is 4.39. The number of nitrogens with zero attached hydrogens (tertiary/aromatic N) is 1. The van der Waals surface area contributed by atoms with E-state index in [4.69, 9.17) is 13.9 Å². The Morgan fingerprint density at radius 3 is 2.73 bits per heavy atom. The van der Waals surface area contributed by atoms with Crippen LogP contribution in [0.15, 0.2) is 64.6 Å². The summed E-state index contributed by atoms with van der Waals surface area (Å²) in [6.45, 7) is 2.44. The number of aliphatic hydroxyl groups excluding tert-OH is 1. The number of ether oxygens (including phenoxy) is 2. The number of hydrogen-bond acceptors (Lipinski definition) is 6. The van der Waals surface area contributed by atoms with Crippen LogP contribution in [-0.2, 0) is 16.0 Å². The van der Waals surface area contributed by atoms with Gasteiger partial charge in [-0.05, 0) is 67.8 Å². The quantitative estimate of drug-likeness (QED) is 0.360. The molecule has 1 unspecified atom stereocenters. The predicted molar refractivity (Wildman–Crippen MR) is 121 cm³/mol. The van der Waals surface area contributed by atoms with E-state index >= 15 is 0 Å². The van der Waals surface area contributed by atoms with E-state index in [0.717, 1.165) is 24.2 Å². The first-order valence-electron chi connectivity index (χ1n) is 10.8. The molecule has 2 aliphatic rings. The monoisotopic (exact) mass is 445 g/mol. The third-order valence-electron chi connectivity index (χ3n) is 5.99. The Labute approximate surface area is 190 Å². The second-order valence-corrected chi connectivity index (χ2v) is 8.09. The van der Waals surface area contributed by atoms with Crippen LogP contribution in [0.3, 0.4) is 0 Å². The topological polar surface area (TPSA) is 89.2 Å². The smallest absolute Gasteiger partial charge is 0.300 e. The number of benzene rings is 2. The molecule has 0 radical (unpaired) electrons. The Morgan fingerprint density at radius 1 is 1.12 bits per heavy atom. The highest BCUT2D eigenvalue weighted by molar-refractivity contribution is 6.51. The highest BCUT2D eigenvalue weighted by atomic mass is 16.5. The van der Waals surface area contributed by atoms with E-state index in [9.17, 15) is 14.7 Å². The minimum absolute atomic E-state index is 0.0196. The van der Waals surface area contributed by atoms with Gasteiger partial charge in [0.15, 0.2) is 0 Å². The van der Waals surface area contributed by atoms with E-state index in [0.29, 0.717) is 35.1 Å². The number of amides is 1. The first-order valence-corrected chi connectivity index (χ1v) is 10.8. The maximum Gasteiger partial charge on any atom is 0.300 e. The molecule has 2 aliphatic heterocycles. The van der Waals surface area contributed by atoms with Crippen LogP contribution in [0.5, 0.6) is 11.5 Å². The molecule has 7 nitrogen and oxygen atoms in total. The van der Waals surface area contributed by atoms with E-state index < -0.39 is 17.7 Å². The number of rotatable bonds is 4. The molecule has 2 aromatic carbocycles. The van der Waals surface area contributed by atoms with Crippen LogP contribution in [-0.4, -0.2) is 30.5 Å². The molecule has 168 valence electrons. The van der Waals surface area contributed by atoms with Crippen molar-refractivity contribution >= 4 is 23.1 Å². The van der Waals surface area contributed by atoms with Gasteiger partial charge in [0.05, 0.1) is 19.3 Å². The lowest BCUT2D eigenvalue weighted by Crippen LogP contribution is -2.29. The summed E-state index contributed by atoms with van der Waals surface area (Å²) in [5, 5.41) is 11.3. The summed E-state index contributed by atoms with van der Waals surface area (Å²) in [5.41, 5.74) is 1.86. The van der Waals surface area contributed by atoms with E-state index in [1.54, 1.807) is 55.5 Å². The highest BCUT2D eigenvalue weighted by Crippen LogP contribution is 2.43. The van der Waals surface area contributed by atoms with E-state index in [1.165, 1.54) is 12.0 Å². The van der Waals surface area contributed by atoms with Gasteiger partial charge in [0.2, 0.25) is 0 Å². The Morgan fingerprint density at radius 2 is 1.97 bits per heavy atom. The Bertz CT molecular complexity index is 1290. The van der Waals surface area contributed by atoms with Gasteiger partial charge in [0, 0.05) is 17.3 Å². The number of methoxy groups -OCH3 is 1. The molecule has 33 heavy (non-hydrogen) atoms. The van der Waals surface area contributed by atoms with Crippen molar-refractivity contribution in [3.8, 4) is 11.5 Å². The lowest BCUT2D eigenvalue weighted by molar-refractivity contribution is -0.132. The molecule has 3 heterocycles. The second kappa shape index (κ2) is 8.16. The number of aryl methyl sites for hydroxylation is 2.